The molecular weight excluding hydrogens is 170 g/mol. The van der Waals surface area contributed by atoms with Crippen LogP contribution >= 0.6 is 0 Å². The fourth-order valence-corrected chi connectivity index (χ4v) is 1.03. The lowest BCUT2D eigenvalue weighted by Gasteiger charge is -2.14. The number of nitrogens with one attached hydrogen (secondary N) is 1. The van der Waals surface area contributed by atoms with E-state index in [0.29, 0.717) is 13.0 Å². The summed E-state index contributed by atoms with van der Waals surface area (Å²) in [5.41, 5.74) is 0. The van der Waals surface area contributed by atoms with Gasteiger partial charge in [-0.3, -0.25) is 4.79 Å². The Morgan fingerprint density at radius 1 is 1.38 bits per heavy atom. The van der Waals surface area contributed by atoms with Crippen molar-refractivity contribution in [1.29, 1.82) is 0 Å². The molecule has 0 radical (unpaired) electrons. The number of carbonyl (C=O) groups is 2. The Morgan fingerprint density at radius 3 is 2.38 bits per heavy atom. The topological polar surface area (TPSA) is 55.4 Å². The van der Waals surface area contributed by atoms with Crippen LogP contribution in [0.1, 0.15) is 33.6 Å². The molecule has 0 aliphatic heterocycles. The number of esters is 1. The molecule has 0 aliphatic carbocycles. The molecule has 0 saturated carbocycles. The van der Waals surface area contributed by atoms with Crippen LogP contribution in [0.25, 0.3) is 0 Å². The molecule has 1 atom stereocenters. The van der Waals surface area contributed by atoms with Gasteiger partial charge in [-0.15, -0.1) is 0 Å². The Labute approximate surface area is 78.6 Å². The number of ether oxygens (including phenoxy) is 1. The summed E-state index contributed by atoms with van der Waals surface area (Å²) in [6.45, 7) is 5.43. The zero-order chi connectivity index (χ0) is 10.3. The van der Waals surface area contributed by atoms with Gasteiger partial charge < -0.3 is 10.1 Å². The molecule has 13 heavy (non-hydrogen) atoms. The lowest BCUT2D eigenvalue weighted by Crippen LogP contribution is -2.40. The van der Waals surface area contributed by atoms with Gasteiger partial charge in [0.15, 0.2) is 0 Å². The first-order chi connectivity index (χ1) is 6.11. The lowest BCUT2D eigenvalue weighted by molar-refractivity contribution is -0.147. The zero-order valence-electron chi connectivity index (χ0n) is 8.42. The Morgan fingerprint density at radius 2 is 2.00 bits per heavy atom. The molecule has 1 amide bonds. The van der Waals surface area contributed by atoms with Crippen molar-refractivity contribution < 1.29 is 14.3 Å². The van der Waals surface area contributed by atoms with Gasteiger partial charge in [0.25, 0.3) is 0 Å². The first kappa shape index (κ1) is 11.9. The second-order valence-electron chi connectivity index (χ2n) is 2.79. The Kier molecular flexibility index (Phi) is 5.93. The molecule has 4 heteroatoms. The van der Waals surface area contributed by atoms with E-state index in [-0.39, 0.29) is 11.9 Å². The van der Waals surface area contributed by atoms with Crippen LogP contribution < -0.4 is 5.32 Å². The van der Waals surface area contributed by atoms with E-state index in [9.17, 15) is 9.59 Å². The summed E-state index contributed by atoms with van der Waals surface area (Å²) in [6, 6.07) is -0.484. The average molecular weight is 187 g/mol. The summed E-state index contributed by atoms with van der Waals surface area (Å²) in [6.07, 6.45) is 1.46. The van der Waals surface area contributed by atoms with Gasteiger partial charge >= 0.3 is 5.97 Å². The van der Waals surface area contributed by atoms with Crippen LogP contribution in [0.3, 0.4) is 0 Å². The molecule has 0 saturated heterocycles. The summed E-state index contributed by atoms with van der Waals surface area (Å²) in [5.74, 6) is -0.550. The molecule has 0 unspecified atom stereocenters. The van der Waals surface area contributed by atoms with Crippen LogP contribution in [0.4, 0.5) is 0 Å². The van der Waals surface area contributed by atoms with Crippen molar-refractivity contribution in [2.75, 3.05) is 6.61 Å². The van der Waals surface area contributed by atoms with Crippen molar-refractivity contribution in [3.63, 3.8) is 0 Å². The normalized spacial score (nSPS) is 11.9. The molecule has 0 fully saturated rings. The second kappa shape index (κ2) is 6.46. The fraction of sp³-hybridized carbons (Fsp3) is 0.778. The van der Waals surface area contributed by atoms with E-state index in [0.717, 1.165) is 6.42 Å². The van der Waals surface area contributed by atoms with Crippen LogP contribution in [-0.4, -0.2) is 24.5 Å². The average Bonchev–Trinajstić information content (AvgIpc) is 2.03. The third kappa shape index (κ3) is 5.22. The summed E-state index contributed by atoms with van der Waals surface area (Å²) >= 11 is 0. The predicted molar refractivity (Wildman–Crippen MR) is 49.1 cm³/mol. The summed E-state index contributed by atoms with van der Waals surface area (Å²) in [5, 5.41) is 2.55. The number of amides is 1. The largest absolute Gasteiger partial charge is 0.464 e. The van der Waals surface area contributed by atoms with Crippen molar-refractivity contribution in [3.8, 4) is 0 Å². The van der Waals surface area contributed by atoms with E-state index < -0.39 is 6.04 Å². The van der Waals surface area contributed by atoms with Gasteiger partial charge in [0.05, 0.1) is 6.61 Å². The van der Waals surface area contributed by atoms with Crippen molar-refractivity contribution in [2.24, 2.45) is 0 Å². The number of carbonyl (C=O) groups excluding carboxylic acids is 2. The van der Waals surface area contributed by atoms with E-state index in [2.05, 4.69) is 5.32 Å². The monoisotopic (exact) mass is 187 g/mol. The van der Waals surface area contributed by atoms with Crippen molar-refractivity contribution >= 4 is 11.9 Å². The van der Waals surface area contributed by atoms with Crippen molar-refractivity contribution in [2.45, 2.75) is 39.7 Å². The molecule has 4 nitrogen and oxygen atoms in total. The van der Waals surface area contributed by atoms with E-state index in [1.807, 2.05) is 6.92 Å². The van der Waals surface area contributed by atoms with E-state index in [1.54, 1.807) is 6.92 Å². The minimum absolute atomic E-state index is 0.202. The molecule has 0 spiro atoms. The number of hydrogen-bond acceptors (Lipinski definition) is 3. The Bertz CT molecular complexity index is 180. The lowest BCUT2D eigenvalue weighted by atomic mass is 10.1. The fourth-order valence-electron chi connectivity index (χ4n) is 1.03. The highest BCUT2D eigenvalue weighted by atomic mass is 16.5. The smallest absolute Gasteiger partial charge is 0.328 e. The molecule has 0 aliphatic rings. The highest BCUT2D eigenvalue weighted by Crippen LogP contribution is 1.99. The van der Waals surface area contributed by atoms with Gasteiger partial charge in [-0.25, -0.2) is 4.79 Å². The highest BCUT2D eigenvalue weighted by molar-refractivity contribution is 5.83. The van der Waals surface area contributed by atoms with Crippen LogP contribution in [0, 0.1) is 0 Å². The number of hydrogen-bond donors (Lipinski definition) is 1. The molecule has 0 bridgehead atoms. The van der Waals surface area contributed by atoms with E-state index >= 15 is 0 Å². The zero-order valence-corrected chi connectivity index (χ0v) is 8.42. The SMILES string of the molecule is CCC[C@H](NC(C)=O)C(=O)OCC. The molecule has 76 valence electrons. The molecular formula is C9H17NO3. The molecule has 1 N–H and O–H groups in total. The van der Waals surface area contributed by atoms with Crippen LogP contribution in [0.5, 0.6) is 0 Å². The minimum Gasteiger partial charge on any atom is -0.464 e. The molecule has 0 aromatic carbocycles. The molecule has 0 heterocycles. The summed E-state index contributed by atoms with van der Waals surface area (Å²) in [4.78, 5) is 22.0. The van der Waals surface area contributed by atoms with Crippen molar-refractivity contribution in [1.82, 2.24) is 5.32 Å². The van der Waals surface area contributed by atoms with Crippen LogP contribution in [-0.2, 0) is 14.3 Å². The van der Waals surface area contributed by atoms with Crippen LogP contribution in [0.15, 0.2) is 0 Å². The third-order valence-electron chi connectivity index (χ3n) is 1.53. The van der Waals surface area contributed by atoms with Crippen LogP contribution in [0.2, 0.25) is 0 Å². The minimum atomic E-state index is -0.484. The maximum Gasteiger partial charge on any atom is 0.328 e. The quantitative estimate of drug-likeness (QED) is 0.649. The van der Waals surface area contributed by atoms with Gasteiger partial charge in [0.2, 0.25) is 5.91 Å². The number of rotatable bonds is 5. The first-order valence-electron chi connectivity index (χ1n) is 4.55. The first-order valence-corrected chi connectivity index (χ1v) is 4.55. The summed E-state index contributed by atoms with van der Waals surface area (Å²) in [7, 11) is 0. The van der Waals surface area contributed by atoms with Gasteiger partial charge in [0.1, 0.15) is 6.04 Å². The highest BCUT2D eigenvalue weighted by Gasteiger charge is 2.18. The third-order valence-corrected chi connectivity index (χ3v) is 1.53. The van der Waals surface area contributed by atoms with E-state index in [1.165, 1.54) is 6.92 Å². The Balaban J connectivity index is 4.06. The van der Waals surface area contributed by atoms with Gasteiger partial charge in [-0.05, 0) is 13.3 Å². The molecule has 0 aromatic heterocycles. The second-order valence-corrected chi connectivity index (χ2v) is 2.79. The van der Waals surface area contributed by atoms with Gasteiger partial charge in [-0.1, -0.05) is 13.3 Å². The maximum atomic E-state index is 11.2. The summed E-state index contributed by atoms with van der Waals surface area (Å²) < 4.78 is 4.80. The standard InChI is InChI=1S/C9H17NO3/c1-4-6-8(10-7(3)11)9(12)13-5-2/h8H,4-6H2,1-3H3,(H,10,11)/t8-/m0/s1. The van der Waals surface area contributed by atoms with Gasteiger partial charge in [0, 0.05) is 6.92 Å². The van der Waals surface area contributed by atoms with Gasteiger partial charge in [-0.2, -0.15) is 0 Å². The van der Waals surface area contributed by atoms with Crippen molar-refractivity contribution in [3.05, 3.63) is 0 Å². The van der Waals surface area contributed by atoms with E-state index in [4.69, 9.17) is 4.74 Å². The Hall–Kier alpha value is -1.06. The maximum absolute atomic E-state index is 11.2. The molecule has 0 rings (SSSR count). The molecule has 0 aromatic rings. The predicted octanol–water partition coefficient (Wildman–Crippen LogP) is 0.854.